The highest BCUT2D eigenvalue weighted by Gasteiger charge is 2.43. The van der Waals surface area contributed by atoms with Gasteiger partial charge in [-0.25, -0.2) is 0 Å². The van der Waals surface area contributed by atoms with E-state index in [-0.39, 0.29) is 5.60 Å². The van der Waals surface area contributed by atoms with Gasteiger partial charge in [-0.1, -0.05) is 27.7 Å². The van der Waals surface area contributed by atoms with Gasteiger partial charge >= 0.3 is 0 Å². The Bertz CT molecular complexity index is 189. The van der Waals surface area contributed by atoms with Gasteiger partial charge in [0.05, 0.1) is 11.7 Å². The van der Waals surface area contributed by atoms with E-state index in [1.54, 1.807) is 0 Å². The van der Waals surface area contributed by atoms with Crippen LogP contribution in [0.1, 0.15) is 59.8 Å². The van der Waals surface area contributed by atoms with Crippen LogP contribution in [-0.2, 0) is 4.74 Å². The number of hydrogen-bond acceptors (Lipinski definition) is 2. The molecule has 0 aromatic heterocycles. The second-order valence-electron chi connectivity index (χ2n) is 5.08. The largest absolute Gasteiger partial charge is 0.370 e. The van der Waals surface area contributed by atoms with Gasteiger partial charge in [-0.15, -0.1) is 0 Å². The minimum atomic E-state index is 0.270. The predicted molar refractivity (Wildman–Crippen MR) is 69.8 cm³/mol. The Balaban J connectivity index is 2.35. The molecule has 1 fully saturated rings. The van der Waals surface area contributed by atoms with Crippen molar-refractivity contribution < 1.29 is 4.74 Å². The standard InChI is InChI=1S/C14H29NO/c1-5-11-15(8-4)12-13(6-2)16-14(7-3)9-10-14/h13H,5-12H2,1-4H3. The Morgan fingerprint density at radius 2 is 1.88 bits per heavy atom. The summed E-state index contributed by atoms with van der Waals surface area (Å²) in [5, 5.41) is 0. The van der Waals surface area contributed by atoms with Crippen molar-refractivity contribution >= 4 is 0 Å². The molecule has 1 aliphatic carbocycles. The quantitative estimate of drug-likeness (QED) is 0.598. The van der Waals surface area contributed by atoms with Gasteiger partial charge in [0.15, 0.2) is 0 Å². The van der Waals surface area contributed by atoms with Crippen LogP contribution in [0, 0.1) is 0 Å². The summed E-state index contributed by atoms with van der Waals surface area (Å²) in [6, 6.07) is 0. The van der Waals surface area contributed by atoms with E-state index < -0.39 is 0 Å². The number of likely N-dealkylation sites (N-methyl/N-ethyl adjacent to an activating group) is 1. The van der Waals surface area contributed by atoms with Gasteiger partial charge in [0.1, 0.15) is 0 Å². The monoisotopic (exact) mass is 227 g/mol. The first-order valence-corrected chi connectivity index (χ1v) is 7.09. The lowest BCUT2D eigenvalue weighted by Crippen LogP contribution is -2.36. The summed E-state index contributed by atoms with van der Waals surface area (Å²) in [5.41, 5.74) is 0.270. The van der Waals surface area contributed by atoms with Crippen molar-refractivity contribution in [2.45, 2.75) is 71.5 Å². The van der Waals surface area contributed by atoms with Crippen LogP contribution in [0.3, 0.4) is 0 Å². The van der Waals surface area contributed by atoms with Crippen LogP contribution in [0.2, 0.25) is 0 Å². The Hall–Kier alpha value is -0.0800. The van der Waals surface area contributed by atoms with Crippen LogP contribution in [0.4, 0.5) is 0 Å². The van der Waals surface area contributed by atoms with E-state index in [1.165, 1.54) is 32.2 Å². The fourth-order valence-electron chi connectivity index (χ4n) is 2.28. The molecule has 0 aromatic carbocycles. The van der Waals surface area contributed by atoms with Gasteiger partial charge in [0, 0.05) is 6.54 Å². The molecule has 0 bridgehead atoms. The van der Waals surface area contributed by atoms with Gasteiger partial charge in [0.2, 0.25) is 0 Å². The average molecular weight is 227 g/mol. The number of rotatable bonds is 9. The Morgan fingerprint density at radius 1 is 1.19 bits per heavy atom. The highest BCUT2D eigenvalue weighted by atomic mass is 16.5. The van der Waals surface area contributed by atoms with Crippen molar-refractivity contribution in [3.63, 3.8) is 0 Å². The van der Waals surface area contributed by atoms with E-state index in [4.69, 9.17) is 4.74 Å². The van der Waals surface area contributed by atoms with Crippen molar-refractivity contribution in [2.75, 3.05) is 19.6 Å². The number of nitrogens with zero attached hydrogens (tertiary/aromatic N) is 1. The second kappa shape index (κ2) is 6.61. The molecule has 1 atom stereocenters. The SMILES string of the molecule is CCCN(CC)CC(CC)OC1(CC)CC1. The zero-order valence-electron chi connectivity index (χ0n) is 11.6. The van der Waals surface area contributed by atoms with Crippen molar-refractivity contribution in [2.24, 2.45) is 0 Å². The fourth-order valence-corrected chi connectivity index (χ4v) is 2.28. The molecular formula is C14H29NO. The molecule has 0 N–H and O–H groups in total. The van der Waals surface area contributed by atoms with Crippen molar-refractivity contribution in [1.29, 1.82) is 0 Å². The Kier molecular flexibility index (Phi) is 5.77. The van der Waals surface area contributed by atoms with Gasteiger partial charge in [-0.05, 0) is 45.2 Å². The number of ether oxygens (including phenoxy) is 1. The van der Waals surface area contributed by atoms with Crippen LogP contribution in [0.25, 0.3) is 0 Å². The molecule has 1 rings (SSSR count). The predicted octanol–water partition coefficient (Wildman–Crippen LogP) is 3.46. The maximum Gasteiger partial charge on any atom is 0.0706 e. The van der Waals surface area contributed by atoms with Crippen molar-refractivity contribution in [3.8, 4) is 0 Å². The summed E-state index contributed by atoms with van der Waals surface area (Å²) in [6.45, 7) is 12.5. The lowest BCUT2D eigenvalue weighted by molar-refractivity contribution is -0.0476. The summed E-state index contributed by atoms with van der Waals surface area (Å²) in [4.78, 5) is 2.51. The smallest absolute Gasteiger partial charge is 0.0706 e. The van der Waals surface area contributed by atoms with Crippen molar-refractivity contribution in [3.05, 3.63) is 0 Å². The molecule has 0 aromatic rings. The summed E-state index contributed by atoms with van der Waals surface area (Å²) < 4.78 is 6.28. The lowest BCUT2D eigenvalue weighted by Gasteiger charge is -2.28. The maximum atomic E-state index is 6.28. The second-order valence-corrected chi connectivity index (χ2v) is 5.08. The maximum absolute atomic E-state index is 6.28. The fraction of sp³-hybridized carbons (Fsp3) is 1.00. The summed E-state index contributed by atoms with van der Waals surface area (Å²) in [6.07, 6.45) is 6.56. The molecule has 0 aliphatic heterocycles. The molecule has 1 aliphatic rings. The summed E-state index contributed by atoms with van der Waals surface area (Å²) in [5.74, 6) is 0. The highest BCUT2D eigenvalue weighted by molar-refractivity contribution is 4.95. The molecule has 0 heterocycles. The minimum absolute atomic E-state index is 0.270. The van der Waals surface area contributed by atoms with Crippen LogP contribution >= 0.6 is 0 Å². The molecule has 0 radical (unpaired) electrons. The molecule has 2 nitrogen and oxygen atoms in total. The zero-order valence-corrected chi connectivity index (χ0v) is 11.6. The molecule has 0 amide bonds. The molecule has 2 heteroatoms. The molecule has 96 valence electrons. The highest BCUT2D eigenvalue weighted by Crippen LogP contribution is 2.43. The Morgan fingerprint density at radius 3 is 2.25 bits per heavy atom. The van der Waals surface area contributed by atoms with E-state index in [0.29, 0.717) is 6.10 Å². The summed E-state index contributed by atoms with van der Waals surface area (Å²) >= 11 is 0. The first-order chi connectivity index (χ1) is 7.69. The van der Waals surface area contributed by atoms with E-state index in [2.05, 4.69) is 32.6 Å². The van der Waals surface area contributed by atoms with E-state index in [1.807, 2.05) is 0 Å². The topological polar surface area (TPSA) is 12.5 Å². The molecule has 16 heavy (non-hydrogen) atoms. The molecule has 0 spiro atoms. The number of hydrogen-bond donors (Lipinski definition) is 0. The normalized spacial score (nSPS) is 20.1. The minimum Gasteiger partial charge on any atom is -0.370 e. The first-order valence-electron chi connectivity index (χ1n) is 7.09. The lowest BCUT2D eigenvalue weighted by atomic mass is 10.2. The Labute approximate surface area is 101 Å². The van der Waals surface area contributed by atoms with Crippen molar-refractivity contribution in [1.82, 2.24) is 4.90 Å². The molecule has 0 saturated heterocycles. The zero-order chi connectivity index (χ0) is 12.0. The van der Waals surface area contributed by atoms with Crippen LogP contribution in [0.15, 0.2) is 0 Å². The molecular weight excluding hydrogens is 198 g/mol. The third kappa shape index (κ3) is 4.06. The third-order valence-corrected chi connectivity index (χ3v) is 3.77. The summed E-state index contributed by atoms with van der Waals surface area (Å²) in [7, 11) is 0. The van der Waals surface area contributed by atoms with Gasteiger partial charge in [-0.2, -0.15) is 0 Å². The van der Waals surface area contributed by atoms with Gasteiger partial charge < -0.3 is 9.64 Å². The van der Waals surface area contributed by atoms with Crippen LogP contribution in [0.5, 0.6) is 0 Å². The molecule has 1 unspecified atom stereocenters. The van der Waals surface area contributed by atoms with Gasteiger partial charge in [0.25, 0.3) is 0 Å². The van der Waals surface area contributed by atoms with Gasteiger partial charge in [-0.3, -0.25) is 0 Å². The van der Waals surface area contributed by atoms with Crippen LogP contribution in [-0.4, -0.2) is 36.2 Å². The van der Waals surface area contributed by atoms with E-state index in [9.17, 15) is 0 Å². The van der Waals surface area contributed by atoms with E-state index >= 15 is 0 Å². The third-order valence-electron chi connectivity index (χ3n) is 3.77. The van der Waals surface area contributed by atoms with E-state index in [0.717, 1.165) is 19.5 Å². The molecule has 1 saturated carbocycles. The average Bonchev–Trinajstić information content (AvgIpc) is 3.08. The van der Waals surface area contributed by atoms with Crippen LogP contribution < -0.4 is 0 Å². The first kappa shape index (κ1) is 14.0.